The molecule has 23 heavy (non-hydrogen) atoms. The zero-order valence-electron chi connectivity index (χ0n) is 12.5. The molecule has 0 saturated carbocycles. The fourth-order valence-corrected chi connectivity index (χ4v) is 2.34. The maximum atomic E-state index is 6.14. The molecule has 3 aromatic rings. The van der Waals surface area contributed by atoms with Gasteiger partial charge in [-0.3, -0.25) is 0 Å². The first-order valence-corrected chi connectivity index (χ1v) is 7.41. The molecule has 6 nitrogen and oxygen atoms in total. The second-order valence-corrected chi connectivity index (χ2v) is 5.44. The standard InChI is InChI=1S/C16H16ClN5O/c1-10-7-11(17)4-5-13(10)22-16-14(18)15(20-9-21-16)19-8-12-3-2-6-23-12/h2-7,9H,8,18H2,1H3,(H2,19,20,21,22). The van der Waals surface area contributed by atoms with Crippen molar-refractivity contribution in [3.8, 4) is 0 Å². The summed E-state index contributed by atoms with van der Waals surface area (Å²) in [5.41, 5.74) is 8.47. The van der Waals surface area contributed by atoms with Gasteiger partial charge >= 0.3 is 0 Å². The maximum Gasteiger partial charge on any atom is 0.159 e. The van der Waals surface area contributed by atoms with E-state index in [2.05, 4.69) is 20.6 Å². The molecule has 0 aliphatic rings. The first-order valence-electron chi connectivity index (χ1n) is 7.03. The summed E-state index contributed by atoms with van der Waals surface area (Å²) in [6, 6.07) is 9.27. The number of aromatic nitrogens is 2. The molecule has 0 saturated heterocycles. The minimum Gasteiger partial charge on any atom is -0.467 e. The van der Waals surface area contributed by atoms with Crippen LogP contribution in [0.15, 0.2) is 47.3 Å². The number of benzene rings is 1. The van der Waals surface area contributed by atoms with Crippen LogP contribution < -0.4 is 16.4 Å². The van der Waals surface area contributed by atoms with E-state index in [-0.39, 0.29) is 0 Å². The number of hydrogen-bond donors (Lipinski definition) is 3. The number of nitrogens with zero attached hydrogens (tertiary/aromatic N) is 2. The third-order valence-corrected chi connectivity index (χ3v) is 3.57. The van der Waals surface area contributed by atoms with E-state index in [1.54, 1.807) is 6.26 Å². The molecule has 0 radical (unpaired) electrons. The van der Waals surface area contributed by atoms with Gasteiger partial charge in [-0.25, -0.2) is 9.97 Å². The van der Waals surface area contributed by atoms with Gasteiger partial charge in [0.05, 0.1) is 12.8 Å². The van der Waals surface area contributed by atoms with E-state index in [4.69, 9.17) is 21.8 Å². The lowest BCUT2D eigenvalue weighted by Gasteiger charge is -2.13. The van der Waals surface area contributed by atoms with E-state index in [0.717, 1.165) is 17.0 Å². The topological polar surface area (TPSA) is 89.0 Å². The summed E-state index contributed by atoms with van der Waals surface area (Å²) in [7, 11) is 0. The first kappa shape index (κ1) is 15.2. The highest BCUT2D eigenvalue weighted by Crippen LogP contribution is 2.28. The number of anilines is 4. The van der Waals surface area contributed by atoms with E-state index in [1.807, 2.05) is 37.3 Å². The molecule has 1 aromatic carbocycles. The molecule has 0 amide bonds. The molecule has 0 aliphatic carbocycles. The van der Waals surface area contributed by atoms with Gasteiger partial charge in [0.15, 0.2) is 11.6 Å². The number of aryl methyl sites for hydroxylation is 1. The molecule has 3 rings (SSSR count). The zero-order chi connectivity index (χ0) is 16.2. The molecule has 0 aliphatic heterocycles. The van der Waals surface area contributed by atoms with Gasteiger partial charge in [0.25, 0.3) is 0 Å². The third-order valence-electron chi connectivity index (χ3n) is 3.34. The Bertz CT molecular complexity index is 804. The van der Waals surface area contributed by atoms with Gasteiger partial charge in [-0.1, -0.05) is 11.6 Å². The Morgan fingerprint density at radius 3 is 2.78 bits per heavy atom. The number of nitrogen functional groups attached to an aromatic ring is 1. The fourth-order valence-electron chi connectivity index (χ4n) is 2.11. The van der Waals surface area contributed by atoms with Crippen molar-refractivity contribution in [2.45, 2.75) is 13.5 Å². The molecule has 0 unspecified atom stereocenters. The zero-order valence-corrected chi connectivity index (χ0v) is 13.3. The van der Waals surface area contributed by atoms with Gasteiger partial charge in [0, 0.05) is 10.7 Å². The van der Waals surface area contributed by atoms with Crippen LogP contribution in [0.25, 0.3) is 0 Å². The molecule has 0 bridgehead atoms. The van der Waals surface area contributed by atoms with Gasteiger partial charge in [0.2, 0.25) is 0 Å². The Balaban J connectivity index is 1.78. The van der Waals surface area contributed by atoms with Gasteiger partial charge in [0.1, 0.15) is 17.8 Å². The molecule has 0 atom stereocenters. The van der Waals surface area contributed by atoms with Crippen molar-refractivity contribution in [2.75, 3.05) is 16.4 Å². The van der Waals surface area contributed by atoms with Crippen molar-refractivity contribution in [3.05, 3.63) is 59.3 Å². The third kappa shape index (κ3) is 3.54. The number of rotatable bonds is 5. The molecule has 2 aromatic heterocycles. The van der Waals surface area contributed by atoms with Crippen LogP contribution in [0, 0.1) is 6.92 Å². The van der Waals surface area contributed by atoms with Gasteiger partial charge in [-0.05, 0) is 42.8 Å². The second kappa shape index (κ2) is 6.58. The number of furan rings is 1. The molecule has 118 valence electrons. The van der Waals surface area contributed by atoms with Gasteiger partial charge in [-0.15, -0.1) is 0 Å². The Kier molecular flexibility index (Phi) is 4.34. The van der Waals surface area contributed by atoms with Crippen LogP contribution >= 0.6 is 11.6 Å². The monoisotopic (exact) mass is 329 g/mol. The molecule has 7 heteroatoms. The summed E-state index contributed by atoms with van der Waals surface area (Å²) in [6.45, 7) is 2.45. The smallest absolute Gasteiger partial charge is 0.159 e. The predicted octanol–water partition coefficient (Wildman–Crippen LogP) is 3.97. The number of halogens is 1. The quantitative estimate of drug-likeness (QED) is 0.656. The van der Waals surface area contributed by atoms with Gasteiger partial charge in [-0.2, -0.15) is 0 Å². The fraction of sp³-hybridized carbons (Fsp3) is 0.125. The van der Waals surface area contributed by atoms with Crippen LogP contribution in [0.2, 0.25) is 5.02 Å². The Morgan fingerprint density at radius 1 is 1.22 bits per heavy atom. The molecule has 4 N–H and O–H groups in total. The maximum absolute atomic E-state index is 6.14. The van der Waals surface area contributed by atoms with Crippen molar-refractivity contribution in [1.82, 2.24) is 9.97 Å². The van der Waals surface area contributed by atoms with Crippen molar-refractivity contribution < 1.29 is 4.42 Å². The van der Waals surface area contributed by atoms with Crippen molar-refractivity contribution in [2.24, 2.45) is 0 Å². The number of nitrogens with one attached hydrogen (secondary N) is 2. The number of nitrogens with two attached hydrogens (primary N) is 1. The van der Waals surface area contributed by atoms with Crippen molar-refractivity contribution in [3.63, 3.8) is 0 Å². The summed E-state index contributed by atoms with van der Waals surface area (Å²) in [5.74, 6) is 1.88. The molecular weight excluding hydrogens is 314 g/mol. The summed E-state index contributed by atoms with van der Waals surface area (Å²) in [4.78, 5) is 8.37. The number of hydrogen-bond acceptors (Lipinski definition) is 6. The minimum absolute atomic E-state index is 0.438. The molecular formula is C16H16ClN5O. The SMILES string of the molecule is Cc1cc(Cl)ccc1Nc1ncnc(NCc2ccco2)c1N. The Hall–Kier alpha value is -2.73. The average molecular weight is 330 g/mol. The van der Waals surface area contributed by atoms with E-state index < -0.39 is 0 Å². The van der Waals surface area contributed by atoms with Crippen molar-refractivity contribution >= 4 is 34.6 Å². The summed E-state index contributed by atoms with van der Waals surface area (Å²) in [5, 5.41) is 7.02. The van der Waals surface area contributed by atoms with Crippen molar-refractivity contribution in [1.29, 1.82) is 0 Å². The average Bonchev–Trinajstić information content (AvgIpc) is 3.04. The summed E-state index contributed by atoms with van der Waals surface area (Å²) >= 11 is 5.97. The van der Waals surface area contributed by atoms with Gasteiger partial charge < -0.3 is 20.8 Å². The summed E-state index contributed by atoms with van der Waals surface area (Å²) < 4.78 is 5.27. The van der Waals surface area contributed by atoms with Crippen LogP contribution in [-0.2, 0) is 6.54 Å². The molecule has 2 heterocycles. The van der Waals surface area contributed by atoms with Crippen LogP contribution in [-0.4, -0.2) is 9.97 Å². The van der Waals surface area contributed by atoms with E-state index in [1.165, 1.54) is 6.33 Å². The highest BCUT2D eigenvalue weighted by molar-refractivity contribution is 6.30. The molecule has 0 spiro atoms. The van der Waals surface area contributed by atoms with Crippen LogP contribution in [0.4, 0.5) is 23.0 Å². The highest BCUT2D eigenvalue weighted by atomic mass is 35.5. The van der Waals surface area contributed by atoms with E-state index in [9.17, 15) is 0 Å². The Morgan fingerprint density at radius 2 is 2.04 bits per heavy atom. The molecule has 0 fully saturated rings. The summed E-state index contributed by atoms with van der Waals surface area (Å²) in [6.07, 6.45) is 3.07. The lowest BCUT2D eigenvalue weighted by atomic mass is 10.2. The first-order chi connectivity index (χ1) is 11.1. The van der Waals surface area contributed by atoms with E-state index in [0.29, 0.717) is 28.9 Å². The van der Waals surface area contributed by atoms with E-state index >= 15 is 0 Å². The van der Waals surface area contributed by atoms with Crippen LogP contribution in [0.1, 0.15) is 11.3 Å². The lowest BCUT2D eigenvalue weighted by molar-refractivity contribution is 0.518. The predicted molar refractivity (Wildman–Crippen MR) is 92.0 cm³/mol. The normalized spacial score (nSPS) is 10.5. The minimum atomic E-state index is 0.438. The highest BCUT2D eigenvalue weighted by Gasteiger charge is 2.10. The van der Waals surface area contributed by atoms with Crippen LogP contribution in [0.5, 0.6) is 0 Å². The largest absolute Gasteiger partial charge is 0.467 e. The Labute approximate surface area is 138 Å². The second-order valence-electron chi connectivity index (χ2n) is 5.00. The van der Waals surface area contributed by atoms with Crippen LogP contribution in [0.3, 0.4) is 0 Å². The lowest BCUT2D eigenvalue weighted by Crippen LogP contribution is -2.08.